The first-order chi connectivity index (χ1) is 10.6. The van der Waals surface area contributed by atoms with Crippen LogP contribution in [0.1, 0.15) is 33.6 Å². The predicted octanol–water partition coefficient (Wildman–Crippen LogP) is 2.13. The smallest absolute Gasteiger partial charge is 0.308 e. The summed E-state index contributed by atoms with van der Waals surface area (Å²) in [7, 11) is 1.46. The monoisotopic (exact) mass is 441 g/mol. The first-order valence-electron chi connectivity index (χ1n) is 8.27. The fraction of sp³-hybridized carbons (Fsp3) is 0.875. The number of hydrogen-bond acceptors (Lipinski definition) is 4. The van der Waals surface area contributed by atoms with Crippen LogP contribution in [-0.2, 0) is 14.3 Å². The highest BCUT2D eigenvalue weighted by atomic mass is 127. The molecule has 0 unspecified atom stereocenters. The van der Waals surface area contributed by atoms with Crippen LogP contribution in [0.3, 0.4) is 0 Å². The van der Waals surface area contributed by atoms with Crippen molar-refractivity contribution in [1.29, 1.82) is 0 Å². The Kier molecular flexibility index (Phi) is 12.5. The van der Waals surface area contributed by atoms with E-state index in [4.69, 9.17) is 9.47 Å². The second-order valence-corrected chi connectivity index (χ2v) is 5.99. The lowest BCUT2D eigenvalue weighted by Crippen LogP contribution is -2.46. The Balaban J connectivity index is 0.00000484. The Morgan fingerprint density at radius 2 is 2.00 bits per heavy atom. The van der Waals surface area contributed by atoms with E-state index < -0.39 is 0 Å². The molecule has 23 heavy (non-hydrogen) atoms. The van der Waals surface area contributed by atoms with Gasteiger partial charge >= 0.3 is 5.97 Å². The summed E-state index contributed by atoms with van der Waals surface area (Å²) in [6.45, 7) is 10.9. The second kappa shape index (κ2) is 12.8. The molecule has 0 aliphatic carbocycles. The Bertz CT molecular complexity index is 356. The number of aliphatic imine (C=N–C) groups is 1. The van der Waals surface area contributed by atoms with E-state index in [-0.39, 0.29) is 35.9 Å². The van der Waals surface area contributed by atoms with Crippen molar-refractivity contribution in [2.24, 2.45) is 16.8 Å². The maximum atomic E-state index is 11.6. The molecule has 1 saturated heterocycles. The molecule has 0 atom stereocenters. The summed E-state index contributed by atoms with van der Waals surface area (Å²) < 4.78 is 10.4. The zero-order valence-electron chi connectivity index (χ0n) is 14.8. The summed E-state index contributed by atoms with van der Waals surface area (Å²) in [4.78, 5) is 18.4. The molecule has 0 aromatic rings. The Morgan fingerprint density at radius 3 is 2.52 bits per heavy atom. The minimum absolute atomic E-state index is 0. The fourth-order valence-electron chi connectivity index (χ4n) is 2.45. The van der Waals surface area contributed by atoms with Crippen LogP contribution in [-0.4, -0.2) is 63.3 Å². The zero-order valence-corrected chi connectivity index (χ0v) is 17.2. The fourth-order valence-corrected chi connectivity index (χ4v) is 2.45. The summed E-state index contributed by atoms with van der Waals surface area (Å²) in [6, 6.07) is 0. The molecule has 0 saturated carbocycles. The van der Waals surface area contributed by atoms with Gasteiger partial charge in [-0.05, 0) is 25.7 Å². The Labute approximate surface area is 157 Å². The van der Waals surface area contributed by atoms with Gasteiger partial charge in [-0.15, -0.1) is 24.0 Å². The molecule has 1 rings (SSSR count). The van der Waals surface area contributed by atoms with Gasteiger partial charge in [0.25, 0.3) is 0 Å². The lowest BCUT2D eigenvalue weighted by molar-refractivity contribution is -0.146. The third kappa shape index (κ3) is 8.74. The number of esters is 1. The number of nitrogens with one attached hydrogen (secondary N) is 1. The number of hydrogen-bond donors (Lipinski definition) is 1. The molecular weight excluding hydrogens is 409 g/mol. The van der Waals surface area contributed by atoms with Gasteiger partial charge in [0.1, 0.15) is 0 Å². The normalized spacial score (nSPS) is 16.2. The first-order valence-corrected chi connectivity index (χ1v) is 8.27. The number of rotatable bonds is 7. The highest BCUT2D eigenvalue weighted by Gasteiger charge is 2.26. The van der Waals surface area contributed by atoms with Crippen LogP contribution in [0.5, 0.6) is 0 Å². The molecule has 1 fully saturated rings. The molecule has 0 amide bonds. The van der Waals surface area contributed by atoms with Gasteiger partial charge in [-0.1, -0.05) is 13.8 Å². The molecule has 1 heterocycles. The number of halogens is 1. The van der Waals surface area contributed by atoms with Crippen molar-refractivity contribution in [3.8, 4) is 0 Å². The van der Waals surface area contributed by atoms with Crippen molar-refractivity contribution in [3.63, 3.8) is 0 Å². The van der Waals surface area contributed by atoms with Crippen LogP contribution in [0.4, 0.5) is 0 Å². The number of methoxy groups -OCH3 is 1. The largest absolute Gasteiger partial charge is 0.469 e. The van der Waals surface area contributed by atoms with E-state index in [2.05, 4.69) is 36.0 Å². The number of guanidine groups is 1. The number of carbonyl (C=O) groups excluding carboxylic acids is 1. The topological polar surface area (TPSA) is 63.2 Å². The van der Waals surface area contributed by atoms with E-state index >= 15 is 0 Å². The average molecular weight is 441 g/mol. The molecule has 7 heteroatoms. The number of likely N-dealkylation sites (tertiary alicyclic amines) is 1. The third-order valence-electron chi connectivity index (χ3n) is 3.61. The molecule has 136 valence electrons. The first kappa shape index (κ1) is 22.4. The van der Waals surface area contributed by atoms with Crippen molar-refractivity contribution in [3.05, 3.63) is 0 Å². The van der Waals surface area contributed by atoms with Gasteiger partial charge in [0, 0.05) is 26.2 Å². The summed E-state index contributed by atoms with van der Waals surface area (Å²) in [5, 5.41) is 3.31. The highest BCUT2D eigenvalue weighted by molar-refractivity contribution is 14.0. The van der Waals surface area contributed by atoms with Crippen molar-refractivity contribution >= 4 is 35.9 Å². The van der Waals surface area contributed by atoms with E-state index in [1.165, 1.54) is 7.11 Å². The van der Waals surface area contributed by atoms with Gasteiger partial charge in [-0.3, -0.25) is 9.79 Å². The molecule has 1 aliphatic rings. The van der Waals surface area contributed by atoms with Crippen LogP contribution in [0.15, 0.2) is 4.99 Å². The highest BCUT2D eigenvalue weighted by Crippen LogP contribution is 2.18. The lowest BCUT2D eigenvalue weighted by Gasteiger charge is -2.33. The second-order valence-electron chi connectivity index (χ2n) is 5.99. The standard InChI is InChI=1S/C16H31N3O3.HI/c1-5-17-16(18-8-11-22-12-13(2)3)19-9-6-14(7-10-19)15(20)21-4;/h13-14H,5-12H2,1-4H3,(H,17,18);1H. The maximum Gasteiger partial charge on any atom is 0.308 e. The Hall–Kier alpha value is -0.570. The number of ether oxygens (including phenoxy) is 2. The summed E-state index contributed by atoms with van der Waals surface area (Å²) in [5.74, 6) is 1.40. The van der Waals surface area contributed by atoms with Crippen LogP contribution < -0.4 is 5.32 Å². The van der Waals surface area contributed by atoms with E-state index in [0.717, 1.165) is 45.0 Å². The van der Waals surface area contributed by atoms with Crippen LogP contribution >= 0.6 is 24.0 Å². The summed E-state index contributed by atoms with van der Waals surface area (Å²) >= 11 is 0. The number of piperidine rings is 1. The van der Waals surface area contributed by atoms with Gasteiger partial charge in [0.2, 0.25) is 0 Å². The molecule has 0 aromatic heterocycles. The van der Waals surface area contributed by atoms with Gasteiger partial charge in [0.15, 0.2) is 5.96 Å². The maximum absolute atomic E-state index is 11.6. The average Bonchev–Trinajstić information content (AvgIpc) is 2.52. The van der Waals surface area contributed by atoms with Crippen molar-refractivity contribution < 1.29 is 14.3 Å². The minimum Gasteiger partial charge on any atom is -0.469 e. The Morgan fingerprint density at radius 1 is 1.35 bits per heavy atom. The molecule has 0 radical (unpaired) electrons. The molecule has 0 aromatic carbocycles. The van der Waals surface area contributed by atoms with Crippen LogP contribution in [0.2, 0.25) is 0 Å². The SMILES string of the molecule is CCNC(=NCCOCC(C)C)N1CCC(C(=O)OC)CC1.I. The van der Waals surface area contributed by atoms with Crippen LogP contribution in [0.25, 0.3) is 0 Å². The van der Waals surface area contributed by atoms with Crippen LogP contribution in [0, 0.1) is 11.8 Å². The minimum atomic E-state index is -0.0938. The summed E-state index contributed by atoms with van der Waals surface area (Å²) in [5.41, 5.74) is 0. The van der Waals surface area contributed by atoms with Crippen molar-refractivity contribution in [2.75, 3.05) is 46.5 Å². The molecule has 1 aliphatic heterocycles. The van der Waals surface area contributed by atoms with E-state index in [1.54, 1.807) is 0 Å². The van der Waals surface area contributed by atoms with Gasteiger partial charge < -0.3 is 19.7 Å². The molecular formula is C16H32IN3O3. The third-order valence-corrected chi connectivity index (χ3v) is 3.61. The van der Waals surface area contributed by atoms with Crippen molar-refractivity contribution in [2.45, 2.75) is 33.6 Å². The zero-order chi connectivity index (χ0) is 16.4. The van der Waals surface area contributed by atoms with Gasteiger partial charge in [0.05, 0.1) is 26.2 Å². The quantitative estimate of drug-likeness (QED) is 0.216. The molecule has 1 N–H and O–H groups in total. The van der Waals surface area contributed by atoms with E-state index in [0.29, 0.717) is 19.1 Å². The van der Waals surface area contributed by atoms with Crippen molar-refractivity contribution in [1.82, 2.24) is 10.2 Å². The molecule has 6 nitrogen and oxygen atoms in total. The lowest BCUT2D eigenvalue weighted by atomic mass is 9.97. The van der Waals surface area contributed by atoms with E-state index in [1.807, 2.05) is 0 Å². The molecule has 0 spiro atoms. The van der Waals surface area contributed by atoms with Gasteiger partial charge in [-0.25, -0.2) is 0 Å². The van der Waals surface area contributed by atoms with E-state index in [9.17, 15) is 4.79 Å². The predicted molar refractivity (Wildman–Crippen MR) is 103 cm³/mol. The van der Waals surface area contributed by atoms with Gasteiger partial charge in [-0.2, -0.15) is 0 Å². The summed E-state index contributed by atoms with van der Waals surface area (Å²) in [6.07, 6.45) is 1.64. The molecule has 0 bridgehead atoms. The number of carbonyl (C=O) groups is 1. The number of nitrogens with zero attached hydrogens (tertiary/aromatic N) is 2.